The lowest BCUT2D eigenvalue weighted by Crippen LogP contribution is -2.20. The zero-order chi connectivity index (χ0) is 24.9. The molecule has 0 fully saturated rings. The fourth-order valence-corrected chi connectivity index (χ4v) is 2.30. The van der Waals surface area contributed by atoms with Crippen molar-refractivity contribution < 1.29 is 29.3 Å². The van der Waals surface area contributed by atoms with Crippen LogP contribution in [-0.4, -0.2) is 84.6 Å². The summed E-state index contributed by atoms with van der Waals surface area (Å²) in [5.74, 6) is -1.60. The van der Waals surface area contributed by atoms with Crippen molar-refractivity contribution in [3.05, 3.63) is 47.9 Å². The molecular weight excluding hydrogens is 428 g/mol. The maximum atomic E-state index is 12.0. The van der Waals surface area contributed by atoms with Crippen LogP contribution in [0.4, 0.5) is 0 Å². The van der Waals surface area contributed by atoms with Gasteiger partial charge in [-0.25, -0.2) is 9.59 Å². The Morgan fingerprint density at radius 1 is 0.818 bits per heavy atom. The lowest BCUT2D eigenvalue weighted by Gasteiger charge is -2.15. The normalized spacial score (nSPS) is 11.8. The number of hydrogen-bond donors (Lipinski definition) is 2. The Morgan fingerprint density at radius 2 is 1.21 bits per heavy atom. The second-order valence-electron chi connectivity index (χ2n) is 6.40. The highest BCUT2D eigenvalue weighted by molar-refractivity contribution is 5.93. The summed E-state index contributed by atoms with van der Waals surface area (Å²) < 4.78 is 9.99. The minimum absolute atomic E-state index is 0.00986. The van der Waals surface area contributed by atoms with Crippen LogP contribution >= 0.6 is 0 Å². The minimum Gasteiger partial charge on any atom is -0.461 e. The van der Waals surface area contributed by atoms with Gasteiger partial charge in [-0.15, -0.1) is 0 Å². The van der Waals surface area contributed by atoms with Gasteiger partial charge in [0.2, 0.25) is 0 Å². The molecule has 10 nitrogen and oxygen atoms in total. The van der Waals surface area contributed by atoms with E-state index in [1.54, 1.807) is 34.3 Å². The summed E-state index contributed by atoms with van der Waals surface area (Å²) in [5.41, 5.74) is -0.376. The molecule has 0 spiro atoms. The maximum absolute atomic E-state index is 12.0. The van der Waals surface area contributed by atoms with Crippen molar-refractivity contribution in [3.8, 4) is 12.1 Å². The van der Waals surface area contributed by atoms with Crippen molar-refractivity contribution in [3.63, 3.8) is 0 Å². The average molecular weight is 461 g/mol. The van der Waals surface area contributed by atoms with Gasteiger partial charge in [0.1, 0.15) is 23.3 Å². The number of nitrogens with zero attached hydrogens (tertiary/aromatic N) is 4. The van der Waals surface area contributed by atoms with Crippen LogP contribution in [0.25, 0.3) is 0 Å². The fraction of sp³-hybridized carbons (Fsp3) is 0.478. The van der Waals surface area contributed by atoms with Crippen molar-refractivity contribution in [1.82, 2.24) is 9.80 Å². The summed E-state index contributed by atoms with van der Waals surface area (Å²) in [4.78, 5) is 27.5. The van der Waals surface area contributed by atoms with Gasteiger partial charge in [-0.2, -0.15) is 10.5 Å². The zero-order valence-corrected chi connectivity index (χ0v) is 19.1. The number of hydrogen-bond acceptors (Lipinski definition) is 10. The topological polar surface area (TPSA) is 147 Å². The largest absolute Gasteiger partial charge is 0.461 e. The van der Waals surface area contributed by atoms with E-state index in [0.717, 1.165) is 0 Å². The fourth-order valence-electron chi connectivity index (χ4n) is 2.30. The van der Waals surface area contributed by atoms with Crippen molar-refractivity contribution in [2.45, 2.75) is 20.3 Å². The first-order valence-corrected chi connectivity index (χ1v) is 10.6. The van der Waals surface area contributed by atoms with E-state index < -0.39 is 11.9 Å². The Bertz CT molecular complexity index is 739. The predicted molar refractivity (Wildman–Crippen MR) is 121 cm³/mol. The first kappa shape index (κ1) is 29.4. The van der Waals surface area contributed by atoms with Crippen molar-refractivity contribution in [2.24, 2.45) is 0 Å². The van der Waals surface area contributed by atoms with Crippen molar-refractivity contribution >= 4 is 11.9 Å². The van der Waals surface area contributed by atoms with Crippen LogP contribution in [-0.2, 0) is 19.1 Å². The van der Waals surface area contributed by atoms with Gasteiger partial charge in [0.25, 0.3) is 0 Å². The van der Waals surface area contributed by atoms with Crippen molar-refractivity contribution in [1.29, 1.82) is 10.5 Å². The Kier molecular flexibility index (Phi) is 17.0. The number of carbonyl (C=O) groups excluding carboxylic acids is 2. The third kappa shape index (κ3) is 13.4. The summed E-state index contributed by atoms with van der Waals surface area (Å²) in [6.45, 7) is 5.84. The second kappa shape index (κ2) is 19.1. The lowest BCUT2D eigenvalue weighted by molar-refractivity contribution is -0.140. The Balaban J connectivity index is 4.52. The Morgan fingerprint density at radius 3 is 1.52 bits per heavy atom. The van der Waals surface area contributed by atoms with E-state index in [-0.39, 0.29) is 44.0 Å². The molecule has 0 rings (SSSR count). The molecule has 180 valence electrons. The number of aliphatic hydroxyl groups excluding tert-OH is 2. The van der Waals surface area contributed by atoms with Crippen LogP contribution in [0.2, 0.25) is 0 Å². The molecule has 0 aliphatic heterocycles. The molecule has 0 saturated heterocycles. The number of likely N-dealkylation sites (N-methyl/N-ethyl adjacent to an activating group) is 2. The van der Waals surface area contributed by atoms with Gasteiger partial charge in [-0.05, 0) is 50.6 Å². The standard InChI is InChI=1S/C23H32N4O6/c1-3-26(12-14-28)10-5-8-20(18-24)22(30)32-16-7-17-33-23(31)21(19-25)9-6-11-27(4-2)13-15-29/h5-6,8-11,28-29H,3-4,7,12-17H2,1-2H3/b10-5+,11-6+,20-8-,21-9+. The molecule has 0 heterocycles. The van der Waals surface area contributed by atoms with Gasteiger partial charge < -0.3 is 29.5 Å². The molecule has 0 amide bonds. The molecule has 0 bridgehead atoms. The van der Waals surface area contributed by atoms with Gasteiger partial charge in [0.05, 0.1) is 26.4 Å². The number of ether oxygens (including phenoxy) is 2. The highest BCUT2D eigenvalue weighted by Crippen LogP contribution is 2.02. The van der Waals surface area contributed by atoms with Gasteiger partial charge >= 0.3 is 11.9 Å². The third-order valence-corrected chi connectivity index (χ3v) is 4.14. The van der Waals surface area contributed by atoms with Gasteiger partial charge in [-0.1, -0.05) is 0 Å². The smallest absolute Gasteiger partial charge is 0.348 e. The van der Waals surface area contributed by atoms with Crippen LogP contribution in [0.5, 0.6) is 0 Å². The first-order chi connectivity index (χ1) is 16.0. The van der Waals surface area contributed by atoms with Crippen molar-refractivity contribution in [2.75, 3.05) is 52.6 Å². The van der Waals surface area contributed by atoms with E-state index in [1.807, 2.05) is 13.8 Å². The highest BCUT2D eigenvalue weighted by atomic mass is 16.5. The Hall–Kier alpha value is -3.60. The quantitative estimate of drug-likeness (QED) is 0.112. The molecule has 0 aromatic heterocycles. The molecule has 0 unspecified atom stereocenters. The molecule has 2 N–H and O–H groups in total. The number of aliphatic hydroxyl groups is 2. The average Bonchev–Trinajstić information content (AvgIpc) is 2.82. The first-order valence-electron chi connectivity index (χ1n) is 10.6. The minimum atomic E-state index is -0.801. The number of nitriles is 2. The molecule has 0 aliphatic carbocycles. The highest BCUT2D eigenvalue weighted by Gasteiger charge is 2.11. The summed E-state index contributed by atoms with van der Waals surface area (Å²) in [5, 5.41) is 36.1. The molecule has 0 saturated carbocycles. The zero-order valence-electron chi connectivity index (χ0n) is 19.1. The molecule has 0 aromatic carbocycles. The second-order valence-corrected chi connectivity index (χ2v) is 6.40. The van der Waals surface area contributed by atoms with Crippen LogP contribution < -0.4 is 0 Å². The van der Waals surface area contributed by atoms with Crippen LogP contribution in [0.3, 0.4) is 0 Å². The van der Waals surface area contributed by atoms with Gasteiger partial charge in [0, 0.05) is 32.6 Å². The monoisotopic (exact) mass is 460 g/mol. The van der Waals surface area contributed by atoms with E-state index in [4.69, 9.17) is 30.2 Å². The molecule has 33 heavy (non-hydrogen) atoms. The predicted octanol–water partition coefficient (Wildman–Crippen LogP) is 1.02. The van der Waals surface area contributed by atoms with Crippen LogP contribution in [0.15, 0.2) is 47.9 Å². The van der Waals surface area contributed by atoms with E-state index in [1.165, 1.54) is 24.3 Å². The summed E-state index contributed by atoms with van der Waals surface area (Å²) in [7, 11) is 0. The van der Waals surface area contributed by atoms with E-state index in [9.17, 15) is 9.59 Å². The summed E-state index contributed by atoms with van der Waals surface area (Å²) >= 11 is 0. The van der Waals surface area contributed by atoms with Crippen LogP contribution in [0.1, 0.15) is 20.3 Å². The van der Waals surface area contributed by atoms with E-state index >= 15 is 0 Å². The number of rotatable bonds is 16. The molecule has 0 aliphatic rings. The summed E-state index contributed by atoms with van der Waals surface area (Å²) in [6.07, 6.45) is 9.19. The Labute approximate surface area is 194 Å². The summed E-state index contributed by atoms with van der Waals surface area (Å²) in [6, 6.07) is 3.52. The van der Waals surface area contributed by atoms with E-state index in [2.05, 4.69) is 0 Å². The molecule has 0 aromatic rings. The number of allylic oxidation sites excluding steroid dienone is 4. The SMILES string of the molecule is CCN(/C=C/C=C(/C#N)C(=O)OCCCOC(=O)/C(C#N)=C/C=C/N(CC)CCO)CCO. The molecule has 10 heteroatoms. The van der Waals surface area contributed by atoms with Gasteiger partial charge in [-0.3, -0.25) is 0 Å². The maximum Gasteiger partial charge on any atom is 0.348 e. The lowest BCUT2D eigenvalue weighted by atomic mass is 10.2. The molecule has 0 atom stereocenters. The van der Waals surface area contributed by atoms with Crippen LogP contribution in [0, 0.1) is 22.7 Å². The van der Waals surface area contributed by atoms with Gasteiger partial charge in [0.15, 0.2) is 0 Å². The third-order valence-electron chi connectivity index (χ3n) is 4.14. The number of esters is 2. The number of carbonyl (C=O) groups is 2. The van der Waals surface area contributed by atoms with E-state index in [0.29, 0.717) is 26.2 Å². The molecule has 0 radical (unpaired) electrons. The molecular formula is C23H32N4O6.